The summed E-state index contributed by atoms with van der Waals surface area (Å²) in [4.78, 5) is 0. The molecular weight excluding hydrogens is 336 g/mol. The third-order valence-electron chi connectivity index (χ3n) is 4.69. The molecule has 0 aliphatic rings. The van der Waals surface area contributed by atoms with Crippen molar-refractivity contribution in [3.05, 3.63) is 58.7 Å². The highest BCUT2D eigenvalue weighted by atomic mass is 16.5. The van der Waals surface area contributed by atoms with Crippen LogP contribution in [0.3, 0.4) is 0 Å². The van der Waals surface area contributed by atoms with Gasteiger partial charge in [0.25, 0.3) is 0 Å². The molecule has 2 aromatic carbocycles. The summed E-state index contributed by atoms with van der Waals surface area (Å²) in [6, 6.07) is 12.1. The Morgan fingerprint density at radius 2 is 1.48 bits per heavy atom. The number of hydrogen-bond donors (Lipinski definition) is 1. The fraction of sp³-hybridized carbons (Fsp3) is 0.500. The standard InChI is InChI=1S/C21H28O3.C3H8/c1-14-11-17(7-9-19(14)22)21(4,5)18-8-10-20(15(2)12-18)24-13-16(3)23-6;1-3-2/h7-12,16,22H,13H2,1-6H3;3H2,1-2H3. The van der Waals surface area contributed by atoms with E-state index in [4.69, 9.17) is 9.47 Å². The maximum Gasteiger partial charge on any atom is 0.122 e. The van der Waals surface area contributed by atoms with Crippen molar-refractivity contribution in [3.63, 3.8) is 0 Å². The molecule has 0 aliphatic heterocycles. The van der Waals surface area contributed by atoms with Crippen LogP contribution in [0.4, 0.5) is 0 Å². The van der Waals surface area contributed by atoms with E-state index < -0.39 is 0 Å². The van der Waals surface area contributed by atoms with Gasteiger partial charge in [0.1, 0.15) is 18.1 Å². The van der Waals surface area contributed by atoms with Crippen molar-refractivity contribution in [1.29, 1.82) is 0 Å². The molecule has 150 valence electrons. The Balaban J connectivity index is 0.00000114. The van der Waals surface area contributed by atoms with Crippen LogP contribution in [0.2, 0.25) is 0 Å². The fourth-order valence-corrected chi connectivity index (χ4v) is 2.69. The van der Waals surface area contributed by atoms with Crippen LogP contribution in [0, 0.1) is 13.8 Å². The Labute approximate surface area is 165 Å². The molecule has 2 rings (SSSR count). The summed E-state index contributed by atoms with van der Waals surface area (Å²) >= 11 is 0. The first-order chi connectivity index (χ1) is 12.7. The summed E-state index contributed by atoms with van der Waals surface area (Å²) < 4.78 is 11.1. The van der Waals surface area contributed by atoms with Crippen LogP contribution < -0.4 is 4.74 Å². The van der Waals surface area contributed by atoms with Gasteiger partial charge < -0.3 is 14.6 Å². The molecular formula is C24H36O3. The number of methoxy groups -OCH3 is 1. The lowest BCUT2D eigenvalue weighted by Gasteiger charge is -2.27. The zero-order valence-corrected chi connectivity index (χ0v) is 18.2. The summed E-state index contributed by atoms with van der Waals surface area (Å²) in [5, 5.41) is 9.76. The molecule has 0 radical (unpaired) electrons. The van der Waals surface area contributed by atoms with Crippen molar-refractivity contribution in [1.82, 2.24) is 0 Å². The van der Waals surface area contributed by atoms with E-state index >= 15 is 0 Å². The lowest BCUT2D eigenvalue weighted by atomic mass is 9.77. The molecule has 0 saturated heterocycles. The predicted octanol–water partition coefficient (Wildman–Crippen LogP) is 6.16. The zero-order chi connectivity index (χ0) is 20.6. The van der Waals surface area contributed by atoms with Crippen molar-refractivity contribution in [2.45, 2.75) is 66.4 Å². The minimum Gasteiger partial charge on any atom is -0.508 e. The fourth-order valence-electron chi connectivity index (χ4n) is 2.69. The molecule has 0 saturated carbocycles. The first kappa shape index (κ1) is 23.0. The average molecular weight is 373 g/mol. The van der Waals surface area contributed by atoms with Gasteiger partial charge in [-0.15, -0.1) is 0 Å². The number of rotatable bonds is 6. The number of benzene rings is 2. The quantitative estimate of drug-likeness (QED) is 0.659. The van der Waals surface area contributed by atoms with Gasteiger partial charge in [-0.1, -0.05) is 58.4 Å². The van der Waals surface area contributed by atoms with Gasteiger partial charge >= 0.3 is 0 Å². The molecule has 0 bridgehead atoms. The number of aromatic hydroxyl groups is 1. The van der Waals surface area contributed by atoms with Gasteiger partial charge in [-0.3, -0.25) is 0 Å². The topological polar surface area (TPSA) is 38.7 Å². The summed E-state index contributed by atoms with van der Waals surface area (Å²) in [7, 11) is 1.69. The summed E-state index contributed by atoms with van der Waals surface area (Å²) in [6.07, 6.45) is 1.32. The predicted molar refractivity (Wildman–Crippen MR) is 114 cm³/mol. The number of aryl methyl sites for hydroxylation is 2. The van der Waals surface area contributed by atoms with Crippen LogP contribution >= 0.6 is 0 Å². The van der Waals surface area contributed by atoms with Crippen molar-refractivity contribution < 1.29 is 14.6 Å². The van der Waals surface area contributed by atoms with Gasteiger partial charge in [0.05, 0.1) is 6.10 Å². The summed E-state index contributed by atoms with van der Waals surface area (Å²) in [6.45, 7) is 15.2. The molecule has 1 atom stereocenters. The summed E-state index contributed by atoms with van der Waals surface area (Å²) in [5.41, 5.74) is 4.25. The molecule has 3 nitrogen and oxygen atoms in total. The number of phenolic OH excluding ortho intramolecular Hbond substituents is 1. The Bertz CT molecular complexity index is 720. The van der Waals surface area contributed by atoms with Crippen LogP contribution in [-0.4, -0.2) is 24.9 Å². The highest BCUT2D eigenvalue weighted by molar-refractivity contribution is 5.46. The Kier molecular flexibility index (Phi) is 8.84. The molecule has 0 amide bonds. The van der Waals surface area contributed by atoms with Gasteiger partial charge in [0, 0.05) is 12.5 Å². The minimum absolute atomic E-state index is 0.0699. The lowest BCUT2D eigenvalue weighted by Crippen LogP contribution is -2.20. The largest absolute Gasteiger partial charge is 0.508 e. The monoisotopic (exact) mass is 372 g/mol. The molecule has 0 spiro atoms. The van der Waals surface area contributed by atoms with E-state index in [0.29, 0.717) is 12.4 Å². The van der Waals surface area contributed by atoms with Crippen LogP contribution in [-0.2, 0) is 10.2 Å². The van der Waals surface area contributed by atoms with E-state index in [-0.39, 0.29) is 11.5 Å². The van der Waals surface area contributed by atoms with Crippen LogP contribution in [0.1, 0.15) is 63.3 Å². The van der Waals surface area contributed by atoms with E-state index in [2.05, 4.69) is 52.8 Å². The smallest absolute Gasteiger partial charge is 0.122 e. The molecule has 0 aliphatic carbocycles. The van der Waals surface area contributed by atoms with Crippen LogP contribution in [0.5, 0.6) is 11.5 Å². The molecule has 1 N–H and O–H groups in total. The number of ether oxygens (including phenoxy) is 2. The first-order valence-corrected chi connectivity index (χ1v) is 9.74. The summed E-state index contributed by atoms with van der Waals surface area (Å²) in [5.74, 6) is 1.22. The molecule has 0 heterocycles. The van der Waals surface area contributed by atoms with Gasteiger partial charge in [0.2, 0.25) is 0 Å². The van der Waals surface area contributed by atoms with Crippen LogP contribution in [0.15, 0.2) is 36.4 Å². The highest BCUT2D eigenvalue weighted by Gasteiger charge is 2.24. The Morgan fingerprint density at radius 1 is 0.963 bits per heavy atom. The van der Waals surface area contributed by atoms with Crippen molar-refractivity contribution in [2.75, 3.05) is 13.7 Å². The second-order valence-corrected chi connectivity index (χ2v) is 7.67. The lowest BCUT2D eigenvalue weighted by molar-refractivity contribution is 0.0714. The first-order valence-electron chi connectivity index (χ1n) is 9.74. The zero-order valence-electron chi connectivity index (χ0n) is 18.2. The van der Waals surface area contributed by atoms with Crippen molar-refractivity contribution >= 4 is 0 Å². The molecule has 1 unspecified atom stereocenters. The molecule has 3 heteroatoms. The second kappa shape index (κ2) is 10.4. The Hall–Kier alpha value is -2.00. The van der Waals surface area contributed by atoms with Gasteiger partial charge in [-0.2, -0.15) is 0 Å². The van der Waals surface area contributed by atoms with E-state index in [1.54, 1.807) is 13.2 Å². The van der Waals surface area contributed by atoms with Gasteiger partial charge in [-0.25, -0.2) is 0 Å². The van der Waals surface area contributed by atoms with E-state index in [1.165, 1.54) is 17.5 Å². The van der Waals surface area contributed by atoms with Crippen LogP contribution in [0.25, 0.3) is 0 Å². The van der Waals surface area contributed by atoms with E-state index in [9.17, 15) is 5.11 Å². The Morgan fingerprint density at radius 3 is 1.96 bits per heavy atom. The van der Waals surface area contributed by atoms with Crippen molar-refractivity contribution in [2.24, 2.45) is 0 Å². The number of hydrogen-bond acceptors (Lipinski definition) is 3. The van der Waals surface area contributed by atoms with Gasteiger partial charge in [-0.05, 0) is 55.2 Å². The highest BCUT2D eigenvalue weighted by Crippen LogP contribution is 2.35. The van der Waals surface area contributed by atoms with E-state index in [1.807, 2.05) is 26.0 Å². The van der Waals surface area contributed by atoms with E-state index in [0.717, 1.165) is 16.9 Å². The van der Waals surface area contributed by atoms with Gasteiger partial charge in [0.15, 0.2) is 0 Å². The third kappa shape index (κ3) is 6.28. The third-order valence-corrected chi connectivity index (χ3v) is 4.69. The maximum absolute atomic E-state index is 9.76. The number of phenols is 1. The SMILES string of the molecule is CCC.COC(C)COc1ccc(C(C)(C)c2ccc(O)c(C)c2)cc1C. The average Bonchev–Trinajstić information content (AvgIpc) is 2.63. The molecule has 0 fully saturated rings. The molecule has 0 aromatic heterocycles. The maximum atomic E-state index is 9.76. The van der Waals surface area contributed by atoms with Crippen molar-refractivity contribution in [3.8, 4) is 11.5 Å². The second-order valence-electron chi connectivity index (χ2n) is 7.67. The molecule has 2 aromatic rings. The molecule has 27 heavy (non-hydrogen) atoms. The normalized spacial score (nSPS) is 12.1. The minimum atomic E-state index is -0.151.